The molecule has 7 nitrogen and oxygen atoms in total. The first-order valence-corrected chi connectivity index (χ1v) is 10.0. The summed E-state index contributed by atoms with van der Waals surface area (Å²) in [6.07, 6.45) is 3.26. The van der Waals surface area contributed by atoms with Crippen molar-refractivity contribution in [3.63, 3.8) is 0 Å². The molecule has 0 saturated carbocycles. The van der Waals surface area contributed by atoms with Crippen LogP contribution in [0.5, 0.6) is 5.75 Å². The van der Waals surface area contributed by atoms with Crippen molar-refractivity contribution in [3.8, 4) is 5.75 Å². The standard InChI is InChI=1S/C23H27N3O4/c1-15(2)30-18-7-5-17(6-8-18)21(27)19-20(16-9-11-24-12-10-16)26(14-13-25(3)4)23(29)22(19)28/h5-12,15,20,27H,13-14H2,1-4H3/p+1/t20-/m0/s1. The second kappa shape index (κ2) is 9.09. The second-order valence-corrected chi connectivity index (χ2v) is 7.92. The molecule has 0 radical (unpaired) electrons. The van der Waals surface area contributed by atoms with Crippen LogP contribution in [0.25, 0.3) is 5.76 Å². The molecule has 0 aliphatic carbocycles. The number of hydrogen-bond acceptors (Lipinski definition) is 5. The van der Waals surface area contributed by atoms with Crippen LogP contribution in [0.2, 0.25) is 0 Å². The van der Waals surface area contributed by atoms with E-state index in [0.717, 1.165) is 10.5 Å². The van der Waals surface area contributed by atoms with Crippen molar-refractivity contribution in [1.29, 1.82) is 0 Å². The van der Waals surface area contributed by atoms with Gasteiger partial charge in [0.1, 0.15) is 11.5 Å². The SMILES string of the molecule is CC(C)Oc1ccc(C(O)=C2C(=O)C(=O)N(CC[NH+](C)C)[C@H]2c2ccncc2)cc1. The van der Waals surface area contributed by atoms with Gasteiger partial charge in [-0.05, 0) is 55.8 Å². The number of carbonyl (C=O) groups is 2. The highest BCUT2D eigenvalue weighted by atomic mass is 16.5. The normalized spacial score (nSPS) is 18.5. The maximum atomic E-state index is 12.9. The number of likely N-dealkylation sites (tertiary alicyclic amines) is 1. The van der Waals surface area contributed by atoms with Gasteiger partial charge in [0.05, 0.1) is 44.9 Å². The largest absolute Gasteiger partial charge is 0.507 e. The summed E-state index contributed by atoms with van der Waals surface area (Å²) in [4.78, 5) is 32.4. The van der Waals surface area contributed by atoms with E-state index in [4.69, 9.17) is 4.74 Å². The van der Waals surface area contributed by atoms with Gasteiger partial charge in [-0.1, -0.05) is 0 Å². The van der Waals surface area contributed by atoms with Crippen LogP contribution in [0.15, 0.2) is 54.4 Å². The Morgan fingerprint density at radius 2 is 1.77 bits per heavy atom. The molecule has 2 heterocycles. The lowest BCUT2D eigenvalue weighted by Gasteiger charge is -2.25. The molecule has 0 spiro atoms. The molecule has 1 aromatic carbocycles. The molecule has 1 atom stereocenters. The molecule has 2 aromatic rings. The molecule has 1 aromatic heterocycles. The average molecular weight is 410 g/mol. The van der Waals surface area contributed by atoms with E-state index < -0.39 is 17.7 Å². The first kappa shape index (κ1) is 21.5. The molecule has 3 rings (SSSR count). The van der Waals surface area contributed by atoms with Crippen molar-refractivity contribution >= 4 is 17.4 Å². The Labute approximate surface area is 176 Å². The monoisotopic (exact) mass is 410 g/mol. The number of quaternary nitrogens is 1. The fourth-order valence-electron chi connectivity index (χ4n) is 3.47. The van der Waals surface area contributed by atoms with Crippen LogP contribution in [0, 0.1) is 0 Å². The van der Waals surface area contributed by atoms with Crippen molar-refractivity contribution in [2.45, 2.75) is 26.0 Å². The minimum absolute atomic E-state index is 0.0280. The summed E-state index contributed by atoms with van der Waals surface area (Å²) in [5.74, 6) is -0.794. The number of amides is 1. The molecule has 1 aliphatic rings. The van der Waals surface area contributed by atoms with Crippen molar-refractivity contribution in [1.82, 2.24) is 9.88 Å². The number of benzene rings is 1. The van der Waals surface area contributed by atoms with Gasteiger partial charge >= 0.3 is 0 Å². The van der Waals surface area contributed by atoms with E-state index >= 15 is 0 Å². The first-order chi connectivity index (χ1) is 14.3. The van der Waals surface area contributed by atoms with E-state index in [1.54, 1.807) is 48.8 Å². The van der Waals surface area contributed by atoms with Crippen molar-refractivity contribution in [2.75, 3.05) is 27.2 Å². The number of rotatable bonds is 7. The van der Waals surface area contributed by atoms with E-state index in [0.29, 0.717) is 24.4 Å². The van der Waals surface area contributed by atoms with Crippen LogP contribution >= 0.6 is 0 Å². The maximum Gasteiger partial charge on any atom is 0.295 e. The Morgan fingerprint density at radius 3 is 2.33 bits per heavy atom. The smallest absolute Gasteiger partial charge is 0.295 e. The molecular formula is C23H28N3O4+. The molecular weight excluding hydrogens is 382 g/mol. The highest BCUT2D eigenvalue weighted by molar-refractivity contribution is 6.46. The van der Waals surface area contributed by atoms with Gasteiger partial charge in [0, 0.05) is 18.0 Å². The summed E-state index contributed by atoms with van der Waals surface area (Å²) >= 11 is 0. The molecule has 2 N–H and O–H groups in total. The fourth-order valence-corrected chi connectivity index (χ4v) is 3.47. The van der Waals surface area contributed by atoms with E-state index in [-0.39, 0.29) is 17.4 Å². The minimum Gasteiger partial charge on any atom is -0.507 e. The van der Waals surface area contributed by atoms with Gasteiger partial charge in [-0.3, -0.25) is 14.6 Å². The highest BCUT2D eigenvalue weighted by Gasteiger charge is 2.46. The topological polar surface area (TPSA) is 84.2 Å². The molecule has 1 amide bonds. The van der Waals surface area contributed by atoms with Gasteiger partial charge in [-0.15, -0.1) is 0 Å². The first-order valence-electron chi connectivity index (χ1n) is 10.0. The predicted octanol–water partition coefficient (Wildman–Crippen LogP) is 1.44. The Morgan fingerprint density at radius 1 is 1.13 bits per heavy atom. The summed E-state index contributed by atoms with van der Waals surface area (Å²) in [5.41, 5.74) is 1.29. The van der Waals surface area contributed by atoms with Gasteiger partial charge in [-0.2, -0.15) is 0 Å². The maximum absolute atomic E-state index is 12.9. The summed E-state index contributed by atoms with van der Waals surface area (Å²) in [6, 6.07) is 9.73. The van der Waals surface area contributed by atoms with E-state index in [1.807, 2.05) is 27.9 Å². The van der Waals surface area contributed by atoms with E-state index in [2.05, 4.69) is 4.98 Å². The summed E-state index contributed by atoms with van der Waals surface area (Å²) < 4.78 is 5.64. The third-order valence-corrected chi connectivity index (χ3v) is 4.91. The Bertz CT molecular complexity index is 937. The number of hydrogen-bond donors (Lipinski definition) is 2. The molecule has 1 aliphatic heterocycles. The van der Waals surface area contributed by atoms with Crippen LogP contribution in [-0.2, 0) is 9.59 Å². The minimum atomic E-state index is -0.675. The average Bonchev–Trinajstić information content (AvgIpc) is 2.97. The number of carbonyl (C=O) groups excluding carboxylic acids is 2. The van der Waals surface area contributed by atoms with Crippen LogP contribution in [0.1, 0.15) is 31.0 Å². The second-order valence-electron chi connectivity index (χ2n) is 7.92. The molecule has 1 fully saturated rings. The van der Waals surface area contributed by atoms with Crippen molar-refractivity contribution in [2.24, 2.45) is 0 Å². The van der Waals surface area contributed by atoms with Gasteiger partial charge < -0.3 is 19.6 Å². The van der Waals surface area contributed by atoms with Gasteiger partial charge in [0.2, 0.25) is 0 Å². The number of ketones is 1. The third kappa shape index (κ3) is 4.52. The molecule has 7 heteroatoms. The number of nitrogens with one attached hydrogen (secondary N) is 1. The van der Waals surface area contributed by atoms with Gasteiger partial charge in [-0.25, -0.2) is 0 Å². The zero-order valence-electron chi connectivity index (χ0n) is 17.8. The summed E-state index contributed by atoms with van der Waals surface area (Å²) in [6.45, 7) is 4.94. The Hall–Kier alpha value is -3.19. The van der Waals surface area contributed by atoms with Crippen LogP contribution in [0.4, 0.5) is 0 Å². The molecule has 30 heavy (non-hydrogen) atoms. The number of ether oxygens (including phenoxy) is 1. The van der Waals surface area contributed by atoms with E-state index in [1.165, 1.54) is 4.90 Å². The van der Waals surface area contributed by atoms with Crippen molar-refractivity contribution < 1.29 is 24.3 Å². The van der Waals surface area contributed by atoms with Crippen LogP contribution in [0.3, 0.4) is 0 Å². The molecule has 0 bridgehead atoms. The molecule has 1 saturated heterocycles. The number of aliphatic hydroxyl groups is 1. The molecule has 0 unspecified atom stereocenters. The molecule has 158 valence electrons. The van der Waals surface area contributed by atoms with Gasteiger partial charge in [0.15, 0.2) is 0 Å². The third-order valence-electron chi connectivity index (χ3n) is 4.91. The quantitative estimate of drug-likeness (QED) is 0.410. The predicted molar refractivity (Wildman–Crippen MR) is 113 cm³/mol. The lowest BCUT2D eigenvalue weighted by atomic mass is 9.96. The number of aliphatic hydroxyl groups excluding tert-OH is 1. The number of nitrogens with zero attached hydrogens (tertiary/aromatic N) is 2. The lowest BCUT2D eigenvalue weighted by molar-refractivity contribution is -0.857. The summed E-state index contributed by atoms with van der Waals surface area (Å²) in [7, 11) is 3.97. The fraction of sp³-hybridized carbons (Fsp3) is 0.348. The zero-order valence-corrected chi connectivity index (χ0v) is 17.8. The summed E-state index contributed by atoms with van der Waals surface area (Å²) in [5, 5.41) is 11.0. The van der Waals surface area contributed by atoms with E-state index in [9.17, 15) is 14.7 Å². The Balaban J connectivity index is 2.05. The van der Waals surface area contributed by atoms with Crippen LogP contribution < -0.4 is 9.64 Å². The number of pyridine rings is 1. The van der Waals surface area contributed by atoms with Crippen LogP contribution in [-0.4, -0.2) is 60.0 Å². The van der Waals surface area contributed by atoms with Crippen molar-refractivity contribution in [3.05, 3.63) is 65.5 Å². The number of Topliss-reactive ketones (excluding diaryl/α,β-unsaturated/α-hetero) is 1. The lowest BCUT2D eigenvalue weighted by Crippen LogP contribution is -3.06. The number of likely N-dealkylation sites (N-methyl/N-ethyl adjacent to an activating group) is 1. The number of aromatic nitrogens is 1. The highest BCUT2D eigenvalue weighted by Crippen LogP contribution is 2.39. The zero-order chi connectivity index (χ0) is 21.8. The Kier molecular flexibility index (Phi) is 6.52. The van der Waals surface area contributed by atoms with Gasteiger partial charge in [0.25, 0.3) is 11.7 Å².